The number of hydrogen-bond donors (Lipinski definition) is 0. The monoisotopic (exact) mass is 284 g/mol. The first-order valence-corrected chi connectivity index (χ1v) is 8.15. The van der Waals surface area contributed by atoms with Crippen molar-refractivity contribution in [2.45, 2.75) is 46.0 Å². The molecule has 2 heteroatoms. The zero-order chi connectivity index (χ0) is 14.1. The summed E-state index contributed by atoms with van der Waals surface area (Å²) in [4.78, 5) is 14.9. The Hall–Kier alpha value is -1.41. The summed E-state index contributed by atoms with van der Waals surface area (Å²) < 4.78 is 0. The Morgan fingerprint density at radius 3 is 2.45 bits per heavy atom. The molecular formula is C18H20OS. The Labute approximate surface area is 124 Å². The SMILES string of the molecule is Cc1cc(C)cc(CC(=O)c2cc3c(s2)CCCC3)c1. The van der Waals surface area contributed by atoms with E-state index in [9.17, 15) is 4.79 Å². The number of carbonyl (C=O) groups is 1. The molecule has 0 saturated heterocycles. The van der Waals surface area contributed by atoms with E-state index in [1.165, 1.54) is 34.4 Å². The van der Waals surface area contributed by atoms with Crippen LogP contribution >= 0.6 is 11.3 Å². The Bertz CT molecular complexity index is 608. The normalized spacial score (nSPS) is 14.1. The number of rotatable bonds is 3. The number of Topliss-reactive ketones (excluding diaryl/α,β-unsaturated/α-hetero) is 1. The number of ketones is 1. The second-order valence-electron chi connectivity index (χ2n) is 5.86. The standard InChI is InChI=1S/C18H20OS/c1-12-7-13(2)9-14(8-12)10-16(19)18-11-15-5-3-4-6-17(15)20-18/h7-9,11H,3-6,10H2,1-2H3. The van der Waals surface area contributed by atoms with Gasteiger partial charge in [-0.25, -0.2) is 0 Å². The van der Waals surface area contributed by atoms with Crippen LogP contribution in [0.15, 0.2) is 24.3 Å². The molecule has 0 radical (unpaired) electrons. The predicted molar refractivity (Wildman–Crippen MR) is 84.9 cm³/mol. The van der Waals surface area contributed by atoms with Gasteiger partial charge < -0.3 is 0 Å². The zero-order valence-corrected chi connectivity index (χ0v) is 13.0. The van der Waals surface area contributed by atoms with Crippen LogP contribution in [0.4, 0.5) is 0 Å². The predicted octanol–water partition coefficient (Wildman–Crippen LogP) is 4.67. The molecule has 1 aliphatic rings. The highest BCUT2D eigenvalue weighted by molar-refractivity contribution is 7.14. The number of aryl methyl sites for hydroxylation is 4. The van der Waals surface area contributed by atoms with Gasteiger partial charge in [0.25, 0.3) is 0 Å². The molecule has 0 atom stereocenters. The molecular weight excluding hydrogens is 264 g/mol. The van der Waals surface area contributed by atoms with Crippen LogP contribution in [0.2, 0.25) is 0 Å². The van der Waals surface area contributed by atoms with Gasteiger partial charge in [0, 0.05) is 11.3 Å². The van der Waals surface area contributed by atoms with Crippen LogP contribution in [-0.4, -0.2) is 5.78 Å². The molecule has 0 aliphatic heterocycles. The zero-order valence-electron chi connectivity index (χ0n) is 12.2. The smallest absolute Gasteiger partial charge is 0.177 e. The summed E-state index contributed by atoms with van der Waals surface area (Å²) in [6.45, 7) is 4.18. The molecule has 1 nitrogen and oxygen atoms in total. The lowest BCUT2D eigenvalue weighted by Gasteiger charge is -2.08. The minimum Gasteiger partial charge on any atom is -0.293 e. The first kappa shape index (κ1) is 13.6. The average molecular weight is 284 g/mol. The van der Waals surface area contributed by atoms with Gasteiger partial charge in [-0.15, -0.1) is 11.3 Å². The summed E-state index contributed by atoms with van der Waals surface area (Å²) in [5, 5.41) is 0. The van der Waals surface area contributed by atoms with Crippen LogP contribution in [0.25, 0.3) is 0 Å². The molecule has 0 unspecified atom stereocenters. The van der Waals surface area contributed by atoms with Crippen molar-refractivity contribution < 1.29 is 4.79 Å². The summed E-state index contributed by atoms with van der Waals surface area (Å²) in [7, 11) is 0. The second kappa shape index (κ2) is 5.53. The summed E-state index contributed by atoms with van der Waals surface area (Å²) in [5.74, 6) is 0.273. The Balaban J connectivity index is 1.80. The maximum absolute atomic E-state index is 12.5. The van der Waals surface area contributed by atoms with E-state index >= 15 is 0 Å². The van der Waals surface area contributed by atoms with Crippen molar-refractivity contribution in [3.05, 3.63) is 56.3 Å². The molecule has 2 aromatic rings. The molecule has 104 valence electrons. The highest BCUT2D eigenvalue weighted by Gasteiger charge is 2.17. The van der Waals surface area contributed by atoms with E-state index in [1.807, 2.05) is 0 Å². The summed E-state index contributed by atoms with van der Waals surface area (Å²) in [5.41, 5.74) is 5.03. The van der Waals surface area contributed by atoms with Crippen LogP contribution in [0.3, 0.4) is 0 Å². The van der Waals surface area contributed by atoms with E-state index in [-0.39, 0.29) is 5.78 Å². The lowest BCUT2D eigenvalue weighted by atomic mass is 9.98. The minimum absolute atomic E-state index is 0.273. The third-order valence-electron chi connectivity index (χ3n) is 3.92. The highest BCUT2D eigenvalue weighted by atomic mass is 32.1. The molecule has 0 bridgehead atoms. The van der Waals surface area contributed by atoms with E-state index < -0.39 is 0 Å². The van der Waals surface area contributed by atoms with Gasteiger partial charge >= 0.3 is 0 Å². The second-order valence-corrected chi connectivity index (χ2v) is 7.00. The van der Waals surface area contributed by atoms with Crippen molar-refractivity contribution in [1.82, 2.24) is 0 Å². The maximum Gasteiger partial charge on any atom is 0.177 e. The van der Waals surface area contributed by atoms with E-state index in [4.69, 9.17) is 0 Å². The topological polar surface area (TPSA) is 17.1 Å². The minimum atomic E-state index is 0.273. The molecule has 0 fully saturated rings. The Kier molecular flexibility index (Phi) is 3.75. The van der Waals surface area contributed by atoms with Gasteiger partial charge in [-0.1, -0.05) is 29.3 Å². The lowest BCUT2D eigenvalue weighted by molar-refractivity contribution is 0.0997. The highest BCUT2D eigenvalue weighted by Crippen LogP contribution is 2.30. The van der Waals surface area contributed by atoms with Gasteiger partial charge in [0.1, 0.15) is 0 Å². The number of hydrogen-bond acceptors (Lipinski definition) is 2. The van der Waals surface area contributed by atoms with Crippen LogP contribution < -0.4 is 0 Å². The van der Waals surface area contributed by atoms with Crippen LogP contribution in [0, 0.1) is 13.8 Å². The summed E-state index contributed by atoms with van der Waals surface area (Å²) in [6.07, 6.45) is 5.40. The third kappa shape index (κ3) is 2.85. The van der Waals surface area contributed by atoms with Gasteiger partial charge in [0.05, 0.1) is 4.88 Å². The van der Waals surface area contributed by atoms with Crippen molar-refractivity contribution in [3.63, 3.8) is 0 Å². The molecule has 0 spiro atoms. The number of benzene rings is 1. The quantitative estimate of drug-likeness (QED) is 0.749. The van der Waals surface area contributed by atoms with E-state index in [0.717, 1.165) is 23.3 Å². The van der Waals surface area contributed by atoms with Crippen LogP contribution in [0.1, 0.15) is 49.6 Å². The fourth-order valence-corrected chi connectivity index (χ4v) is 4.26. The van der Waals surface area contributed by atoms with E-state index in [1.54, 1.807) is 11.3 Å². The van der Waals surface area contributed by atoms with Crippen LogP contribution in [-0.2, 0) is 19.3 Å². The van der Waals surface area contributed by atoms with Crippen molar-refractivity contribution in [2.75, 3.05) is 0 Å². The number of thiophene rings is 1. The molecule has 1 aromatic heterocycles. The molecule has 0 N–H and O–H groups in total. The van der Waals surface area contributed by atoms with E-state index in [0.29, 0.717) is 6.42 Å². The Morgan fingerprint density at radius 1 is 1.05 bits per heavy atom. The van der Waals surface area contributed by atoms with Gasteiger partial charge in [-0.05, 0) is 56.7 Å². The van der Waals surface area contributed by atoms with Gasteiger partial charge in [0.2, 0.25) is 0 Å². The van der Waals surface area contributed by atoms with Crippen molar-refractivity contribution >= 4 is 17.1 Å². The molecule has 1 aromatic carbocycles. The lowest BCUT2D eigenvalue weighted by Crippen LogP contribution is -2.02. The first-order valence-electron chi connectivity index (χ1n) is 7.34. The molecule has 0 saturated carbocycles. The molecule has 0 amide bonds. The maximum atomic E-state index is 12.5. The van der Waals surface area contributed by atoms with Gasteiger partial charge in [-0.3, -0.25) is 4.79 Å². The third-order valence-corrected chi connectivity index (χ3v) is 5.20. The Morgan fingerprint density at radius 2 is 1.75 bits per heavy atom. The van der Waals surface area contributed by atoms with Crippen LogP contribution in [0.5, 0.6) is 0 Å². The summed E-state index contributed by atoms with van der Waals surface area (Å²) >= 11 is 1.72. The average Bonchev–Trinajstić information content (AvgIpc) is 2.81. The van der Waals surface area contributed by atoms with E-state index in [2.05, 4.69) is 38.1 Å². The van der Waals surface area contributed by atoms with Crippen molar-refractivity contribution in [1.29, 1.82) is 0 Å². The molecule has 3 rings (SSSR count). The molecule has 1 heterocycles. The fraction of sp³-hybridized carbons (Fsp3) is 0.389. The largest absolute Gasteiger partial charge is 0.293 e. The first-order chi connectivity index (χ1) is 9.61. The fourth-order valence-electron chi connectivity index (χ4n) is 3.07. The summed E-state index contributed by atoms with van der Waals surface area (Å²) in [6, 6.07) is 8.54. The van der Waals surface area contributed by atoms with Crippen molar-refractivity contribution in [2.24, 2.45) is 0 Å². The molecule has 20 heavy (non-hydrogen) atoms. The number of fused-ring (bicyclic) bond motifs is 1. The molecule has 1 aliphatic carbocycles. The number of carbonyl (C=O) groups excluding carboxylic acids is 1. The van der Waals surface area contributed by atoms with Gasteiger partial charge in [0.15, 0.2) is 5.78 Å². The van der Waals surface area contributed by atoms with Crippen molar-refractivity contribution in [3.8, 4) is 0 Å². The van der Waals surface area contributed by atoms with Gasteiger partial charge in [-0.2, -0.15) is 0 Å².